The monoisotopic (exact) mass is 195 g/mol. The van der Waals surface area contributed by atoms with Crippen LogP contribution in [-0.2, 0) is 4.74 Å². The molecule has 0 aromatic heterocycles. The predicted octanol–water partition coefficient (Wildman–Crippen LogP) is 1.80. The largest absolute Gasteiger partial charge is 0.381 e. The summed E-state index contributed by atoms with van der Waals surface area (Å²) in [5.41, 5.74) is 0. The molecule has 0 aromatic rings. The molecule has 1 saturated heterocycles. The van der Waals surface area contributed by atoms with Gasteiger partial charge in [-0.3, -0.25) is 0 Å². The first-order chi connectivity index (χ1) is 6.93. The Hall–Kier alpha value is -0.0800. The highest BCUT2D eigenvalue weighted by molar-refractivity contribution is 4.98. The maximum absolute atomic E-state index is 5.39. The number of hydrogen-bond acceptors (Lipinski definition) is 2. The summed E-state index contributed by atoms with van der Waals surface area (Å²) in [5.74, 6) is 2.95. The van der Waals surface area contributed by atoms with E-state index >= 15 is 0 Å². The standard InChI is InChI=1S/C12H21NO/c1-2-10-6-11(10)12(3-1)13-7-9-4-5-14-8-9/h9-13H,1-8H2/t9?,10-,11+,12?/m0/s1. The van der Waals surface area contributed by atoms with E-state index < -0.39 is 0 Å². The van der Waals surface area contributed by atoms with E-state index in [0.717, 1.165) is 37.0 Å². The van der Waals surface area contributed by atoms with Crippen LogP contribution in [0.2, 0.25) is 0 Å². The van der Waals surface area contributed by atoms with Crippen LogP contribution in [0, 0.1) is 17.8 Å². The van der Waals surface area contributed by atoms with Gasteiger partial charge in [-0.2, -0.15) is 0 Å². The smallest absolute Gasteiger partial charge is 0.0507 e. The fourth-order valence-electron chi connectivity index (χ4n) is 3.23. The fraction of sp³-hybridized carbons (Fsp3) is 1.00. The van der Waals surface area contributed by atoms with Crippen molar-refractivity contribution in [1.29, 1.82) is 0 Å². The Morgan fingerprint density at radius 3 is 3.07 bits per heavy atom. The molecular formula is C12H21NO. The summed E-state index contributed by atoms with van der Waals surface area (Å²) in [6.45, 7) is 3.19. The molecule has 14 heavy (non-hydrogen) atoms. The lowest BCUT2D eigenvalue weighted by Gasteiger charge is -2.24. The van der Waals surface area contributed by atoms with Gasteiger partial charge >= 0.3 is 0 Å². The molecule has 2 aliphatic carbocycles. The van der Waals surface area contributed by atoms with Gasteiger partial charge in [0.05, 0.1) is 6.61 Å². The van der Waals surface area contributed by atoms with E-state index in [9.17, 15) is 0 Å². The van der Waals surface area contributed by atoms with Crippen LogP contribution in [0.4, 0.5) is 0 Å². The average molecular weight is 195 g/mol. The van der Waals surface area contributed by atoms with Gasteiger partial charge in [-0.05, 0) is 37.0 Å². The second-order valence-electron chi connectivity index (χ2n) is 5.33. The highest BCUT2D eigenvalue weighted by atomic mass is 16.5. The molecule has 0 amide bonds. The predicted molar refractivity (Wildman–Crippen MR) is 56.2 cm³/mol. The molecule has 0 radical (unpaired) electrons. The van der Waals surface area contributed by atoms with Crippen LogP contribution in [0.1, 0.15) is 32.1 Å². The molecule has 1 heterocycles. The molecule has 1 aliphatic heterocycles. The minimum absolute atomic E-state index is 0.800. The van der Waals surface area contributed by atoms with Crippen molar-refractivity contribution < 1.29 is 4.74 Å². The fourth-order valence-corrected chi connectivity index (χ4v) is 3.23. The molecule has 80 valence electrons. The van der Waals surface area contributed by atoms with Crippen LogP contribution in [0.3, 0.4) is 0 Å². The Balaban J connectivity index is 1.43. The lowest BCUT2D eigenvalue weighted by molar-refractivity contribution is 0.183. The first kappa shape index (κ1) is 9.17. The Labute approximate surface area is 86.4 Å². The number of hydrogen-bond donors (Lipinski definition) is 1. The summed E-state index contributed by atoms with van der Waals surface area (Å²) in [5, 5.41) is 3.77. The molecule has 2 saturated carbocycles. The van der Waals surface area contributed by atoms with E-state index in [1.54, 1.807) is 0 Å². The third kappa shape index (κ3) is 1.82. The molecule has 0 aromatic carbocycles. The minimum Gasteiger partial charge on any atom is -0.381 e. The van der Waals surface area contributed by atoms with E-state index in [4.69, 9.17) is 4.74 Å². The summed E-state index contributed by atoms with van der Waals surface area (Å²) in [4.78, 5) is 0. The van der Waals surface area contributed by atoms with Gasteiger partial charge in [-0.15, -0.1) is 0 Å². The van der Waals surface area contributed by atoms with Gasteiger partial charge in [0.25, 0.3) is 0 Å². The maximum Gasteiger partial charge on any atom is 0.0507 e. The number of ether oxygens (including phenoxy) is 1. The number of rotatable bonds is 3. The van der Waals surface area contributed by atoms with Gasteiger partial charge in [0.15, 0.2) is 0 Å². The van der Waals surface area contributed by atoms with Gasteiger partial charge < -0.3 is 10.1 Å². The van der Waals surface area contributed by atoms with Crippen molar-refractivity contribution in [1.82, 2.24) is 5.32 Å². The van der Waals surface area contributed by atoms with Gasteiger partial charge in [0.2, 0.25) is 0 Å². The van der Waals surface area contributed by atoms with Gasteiger partial charge in [-0.25, -0.2) is 0 Å². The van der Waals surface area contributed by atoms with E-state index in [-0.39, 0.29) is 0 Å². The second kappa shape index (κ2) is 3.82. The molecule has 0 spiro atoms. The normalized spacial score (nSPS) is 46.3. The molecule has 1 N–H and O–H groups in total. The maximum atomic E-state index is 5.39. The van der Waals surface area contributed by atoms with E-state index in [1.165, 1.54) is 38.6 Å². The zero-order chi connectivity index (χ0) is 9.38. The Morgan fingerprint density at radius 1 is 1.21 bits per heavy atom. The number of nitrogens with one attached hydrogen (secondary N) is 1. The first-order valence-electron chi connectivity index (χ1n) is 6.24. The average Bonchev–Trinajstić information content (AvgIpc) is 2.83. The van der Waals surface area contributed by atoms with Crippen molar-refractivity contribution in [3.63, 3.8) is 0 Å². The molecule has 3 rings (SSSR count). The summed E-state index contributed by atoms with van der Waals surface area (Å²) in [7, 11) is 0. The van der Waals surface area contributed by atoms with Gasteiger partial charge in [0, 0.05) is 19.2 Å². The molecule has 0 bridgehead atoms. The molecule has 3 aliphatic rings. The van der Waals surface area contributed by atoms with Crippen LogP contribution < -0.4 is 5.32 Å². The third-order valence-electron chi connectivity index (χ3n) is 4.28. The molecule has 2 nitrogen and oxygen atoms in total. The Kier molecular flexibility index (Phi) is 2.50. The SMILES string of the molecule is C1CC(NCC2CCOC2)[C@@H]2C[C@@H]2C1. The molecule has 4 atom stereocenters. The van der Waals surface area contributed by atoms with Crippen molar-refractivity contribution in [3.05, 3.63) is 0 Å². The van der Waals surface area contributed by atoms with Crippen LogP contribution >= 0.6 is 0 Å². The van der Waals surface area contributed by atoms with E-state index in [0.29, 0.717) is 0 Å². The quantitative estimate of drug-likeness (QED) is 0.741. The van der Waals surface area contributed by atoms with Gasteiger partial charge in [0.1, 0.15) is 0 Å². The van der Waals surface area contributed by atoms with Crippen molar-refractivity contribution in [3.8, 4) is 0 Å². The van der Waals surface area contributed by atoms with Crippen LogP contribution in [0.5, 0.6) is 0 Å². The summed E-state index contributed by atoms with van der Waals surface area (Å²) in [6, 6.07) is 0.856. The molecule has 3 fully saturated rings. The molecule has 2 unspecified atom stereocenters. The van der Waals surface area contributed by atoms with Crippen LogP contribution in [0.25, 0.3) is 0 Å². The minimum atomic E-state index is 0.800. The van der Waals surface area contributed by atoms with Crippen molar-refractivity contribution in [2.75, 3.05) is 19.8 Å². The zero-order valence-corrected chi connectivity index (χ0v) is 8.87. The van der Waals surface area contributed by atoms with Crippen molar-refractivity contribution in [2.45, 2.75) is 38.1 Å². The van der Waals surface area contributed by atoms with E-state index in [2.05, 4.69) is 5.32 Å². The zero-order valence-electron chi connectivity index (χ0n) is 8.87. The Morgan fingerprint density at radius 2 is 2.21 bits per heavy atom. The van der Waals surface area contributed by atoms with Crippen molar-refractivity contribution >= 4 is 0 Å². The summed E-state index contributed by atoms with van der Waals surface area (Å²) < 4.78 is 5.39. The highest BCUT2D eigenvalue weighted by Gasteiger charge is 2.44. The van der Waals surface area contributed by atoms with Crippen LogP contribution in [-0.4, -0.2) is 25.8 Å². The van der Waals surface area contributed by atoms with Crippen molar-refractivity contribution in [2.24, 2.45) is 17.8 Å². The lowest BCUT2D eigenvalue weighted by Crippen LogP contribution is -2.37. The van der Waals surface area contributed by atoms with Gasteiger partial charge in [-0.1, -0.05) is 12.8 Å². The van der Waals surface area contributed by atoms with E-state index in [1.807, 2.05) is 0 Å². The van der Waals surface area contributed by atoms with Crippen LogP contribution in [0.15, 0.2) is 0 Å². The number of fused-ring (bicyclic) bond motifs is 1. The Bertz CT molecular complexity index is 200. The second-order valence-corrected chi connectivity index (χ2v) is 5.33. The summed E-state index contributed by atoms with van der Waals surface area (Å²) >= 11 is 0. The highest BCUT2D eigenvalue weighted by Crippen LogP contribution is 2.49. The topological polar surface area (TPSA) is 21.3 Å². The molecule has 2 heteroatoms. The summed E-state index contributed by atoms with van der Waals surface area (Å²) in [6.07, 6.45) is 7.18. The first-order valence-corrected chi connectivity index (χ1v) is 6.24. The lowest BCUT2D eigenvalue weighted by atomic mass is 9.95. The third-order valence-corrected chi connectivity index (χ3v) is 4.28. The molecular weight excluding hydrogens is 174 g/mol.